The molecular weight excluding hydrogens is 546 g/mol. The molecule has 1 aliphatic carbocycles. The Morgan fingerprint density at radius 3 is 2.66 bits per heavy atom. The van der Waals surface area contributed by atoms with Gasteiger partial charge in [-0.1, -0.05) is 18.2 Å². The second-order valence-corrected chi connectivity index (χ2v) is 10.3. The van der Waals surface area contributed by atoms with Crippen LogP contribution in [0.25, 0.3) is 11.1 Å². The van der Waals surface area contributed by atoms with Gasteiger partial charge in [0.1, 0.15) is 36.5 Å². The fourth-order valence-corrected chi connectivity index (χ4v) is 5.28. The topological polar surface area (TPSA) is 96.8 Å². The zero-order chi connectivity index (χ0) is 29.5. The van der Waals surface area contributed by atoms with E-state index in [9.17, 15) is 31.9 Å². The first-order valence-corrected chi connectivity index (χ1v) is 12.8. The number of hydrogen-bond donors (Lipinski definition) is 1. The fourth-order valence-electron chi connectivity index (χ4n) is 5.28. The molecule has 0 unspecified atom stereocenters. The van der Waals surface area contributed by atoms with E-state index >= 15 is 0 Å². The first-order chi connectivity index (χ1) is 19.4. The van der Waals surface area contributed by atoms with E-state index in [0.717, 1.165) is 33.7 Å². The summed E-state index contributed by atoms with van der Waals surface area (Å²) in [6.45, 7) is -2.16. The van der Waals surface area contributed by atoms with E-state index in [1.807, 2.05) is 18.3 Å². The van der Waals surface area contributed by atoms with Crippen LogP contribution in [0.2, 0.25) is 0 Å². The highest BCUT2D eigenvalue weighted by atomic mass is 19.4. The zero-order valence-electron chi connectivity index (χ0n) is 22.2. The molecule has 2 aromatic carbocycles. The zero-order valence-corrected chi connectivity index (χ0v) is 22.2. The SMILES string of the molecule is CN(CC(=O)N1Cc2cc(F)ccc2OC[C@H]1C(F)(F)F)C(=O)N[C@@]1(C=O)CCc2cc(-c3cnn(C)c3)ccc21. The summed E-state index contributed by atoms with van der Waals surface area (Å²) in [6, 6.07) is 5.66. The van der Waals surface area contributed by atoms with Gasteiger partial charge in [-0.25, -0.2) is 9.18 Å². The quantitative estimate of drug-likeness (QED) is 0.372. The number of nitrogens with one attached hydrogen (secondary N) is 1. The number of halogens is 4. The van der Waals surface area contributed by atoms with E-state index in [-0.39, 0.29) is 17.7 Å². The van der Waals surface area contributed by atoms with Gasteiger partial charge >= 0.3 is 12.2 Å². The van der Waals surface area contributed by atoms with Gasteiger partial charge in [-0.2, -0.15) is 18.3 Å². The Bertz CT molecular complexity index is 1510. The summed E-state index contributed by atoms with van der Waals surface area (Å²) in [7, 11) is 3.05. The number of hydrogen-bond acceptors (Lipinski definition) is 5. The number of likely N-dealkylation sites (N-methyl/N-ethyl adjacent to an activating group) is 1. The smallest absolute Gasteiger partial charge is 0.412 e. The minimum Gasteiger partial charge on any atom is -0.491 e. The lowest BCUT2D eigenvalue weighted by molar-refractivity contribution is -0.195. The summed E-state index contributed by atoms with van der Waals surface area (Å²) in [6.07, 6.45) is 0.146. The van der Waals surface area contributed by atoms with Gasteiger partial charge in [-0.3, -0.25) is 9.48 Å². The van der Waals surface area contributed by atoms with Gasteiger partial charge in [-0.05, 0) is 47.7 Å². The monoisotopic (exact) mass is 573 g/mol. The molecule has 2 atom stereocenters. The standard InChI is InChI=1S/C28H27F4N5O4/c1-35(14-25(39)37-13-19-10-21(29)4-6-23(19)41-15-24(37)28(30,31)32)26(40)34-27(16-38)8-7-18-9-17(3-5-22(18)27)20-11-33-36(2)12-20/h3-6,9-12,16,24H,7-8,13-15H2,1-2H3,(H,34,40)/t24-,27+/m0/s1. The molecule has 0 bridgehead atoms. The molecule has 1 aromatic heterocycles. The van der Waals surface area contributed by atoms with Crippen LogP contribution in [-0.2, 0) is 35.1 Å². The molecule has 41 heavy (non-hydrogen) atoms. The van der Waals surface area contributed by atoms with Crippen LogP contribution in [0, 0.1) is 5.82 Å². The van der Waals surface area contributed by atoms with Crippen molar-refractivity contribution in [1.29, 1.82) is 0 Å². The van der Waals surface area contributed by atoms with E-state index in [0.29, 0.717) is 23.2 Å². The third kappa shape index (κ3) is 5.48. The summed E-state index contributed by atoms with van der Waals surface area (Å²) in [5.74, 6) is -1.66. The van der Waals surface area contributed by atoms with Crippen LogP contribution in [0.4, 0.5) is 22.4 Å². The van der Waals surface area contributed by atoms with Crippen molar-refractivity contribution in [2.75, 3.05) is 20.2 Å². The molecule has 3 aromatic rings. The number of aromatic nitrogens is 2. The van der Waals surface area contributed by atoms with Gasteiger partial charge in [0.15, 0.2) is 6.04 Å². The fraction of sp³-hybridized carbons (Fsp3) is 0.357. The lowest BCUT2D eigenvalue weighted by Crippen LogP contribution is -2.55. The molecule has 2 aliphatic rings. The predicted molar refractivity (Wildman–Crippen MR) is 138 cm³/mol. The Hall–Kier alpha value is -4.42. The normalized spacial score (nSPS) is 20.0. The Kier molecular flexibility index (Phi) is 7.22. The Balaban J connectivity index is 1.32. The third-order valence-electron chi connectivity index (χ3n) is 7.50. The van der Waals surface area contributed by atoms with Gasteiger partial charge in [-0.15, -0.1) is 0 Å². The minimum atomic E-state index is -4.83. The predicted octanol–water partition coefficient (Wildman–Crippen LogP) is 3.56. The van der Waals surface area contributed by atoms with Crippen molar-refractivity contribution in [1.82, 2.24) is 24.9 Å². The summed E-state index contributed by atoms with van der Waals surface area (Å²) in [5, 5.41) is 6.85. The van der Waals surface area contributed by atoms with Crippen molar-refractivity contribution in [3.8, 4) is 16.9 Å². The molecule has 0 radical (unpaired) electrons. The Morgan fingerprint density at radius 2 is 1.98 bits per heavy atom. The molecule has 5 rings (SSSR count). The van der Waals surface area contributed by atoms with Crippen LogP contribution < -0.4 is 10.1 Å². The summed E-state index contributed by atoms with van der Waals surface area (Å²) in [5.41, 5.74) is 1.97. The average Bonchev–Trinajstić information content (AvgIpc) is 3.45. The van der Waals surface area contributed by atoms with Gasteiger partial charge < -0.3 is 24.6 Å². The first kappa shape index (κ1) is 28.1. The highest BCUT2D eigenvalue weighted by molar-refractivity contribution is 5.87. The Morgan fingerprint density at radius 1 is 1.20 bits per heavy atom. The average molecular weight is 574 g/mol. The van der Waals surface area contributed by atoms with Gasteiger partial charge in [0.2, 0.25) is 5.91 Å². The molecule has 13 heteroatoms. The second kappa shape index (κ2) is 10.5. The maximum atomic E-state index is 13.9. The number of carbonyl (C=O) groups is 3. The molecule has 0 fully saturated rings. The molecule has 1 aliphatic heterocycles. The van der Waals surface area contributed by atoms with Crippen LogP contribution in [-0.4, -0.2) is 70.2 Å². The molecule has 0 spiro atoms. The number of aldehydes is 1. The number of amides is 3. The van der Waals surface area contributed by atoms with Crippen LogP contribution in [0.15, 0.2) is 48.8 Å². The highest BCUT2D eigenvalue weighted by Crippen LogP contribution is 2.38. The van der Waals surface area contributed by atoms with Crippen molar-refractivity contribution in [3.63, 3.8) is 0 Å². The van der Waals surface area contributed by atoms with Crippen LogP contribution in [0.1, 0.15) is 23.1 Å². The van der Waals surface area contributed by atoms with E-state index in [2.05, 4.69) is 10.4 Å². The molecular formula is C28H27F4N5O4. The van der Waals surface area contributed by atoms with E-state index in [4.69, 9.17) is 4.74 Å². The van der Waals surface area contributed by atoms with E-state index < -0.39 is 55.2 Å². The number of alkyl halides is 3. The van der Waals surface area contributed by atoms with E-state index in [1.54, 1.807) is 24.0 Å². The lowest BCUT2D eigenvalue weighted by Gasteiger charge is -2.33. The number of benzene rings is 2. The molecule has 9 nitrogen and oxygen atoms in total. The van der Waals surface area contributed by atoms with Crippen LogP contribution >= 0.6 is 0 Å². The first-order valence-electron chi connectivity index (χ1n) is 12.8. The molecule has 2 heterocycles. The van der Waals surface area contributed by atoms with Gasteiger partial charge in [0.05, 0.1) is 12.7 Å². The van der Waals surface area contributed by atoms with Crippen molar-refractivity contribution in [2.45, 2.75) is 37.1 Å². The van der Waals surface area contributed by atoms with Crippen LogP contribution in [0.3, 0.4) is 0 Å². The molecule has 3 amide bonds. The molecule has 0 saturated heterocycles. The molecule has 216 valence electrons. The third-order valence-corrected chi connectivity index (χ3v) is 7.50. The number of ether oxygens (including phenoxy) is 1. The maximum absolute atomic E-state index is 13.9. The summed E-state index contributed by atoms with van der Waals surface area (Å²) >= 11 is 0. The lowest BCUT2D eigenvalue weighted by atomic mass is 9.92. The largest absolute Gasteiger partial charge is 0.491 e. The number of fused-ring (bicyclic) bond motifs is 2. The van der Waals surface area contributed by atoms with Crippen LogP contribution in [0.5, 0.6) is 5.75 Å². The molecule has 1 N–H and O–H groups in total. The molecule has 0 saturated carbocycles. The minimum absolute atomic E-state index is 0.0431. The van der Waals surface area contributed by atoms with Crippen molar-refractivity contribution in [2.24, 2.45) is 7.05 Å². The summed E-state index contributed by atoms with van der Waals surface area (Å²) in [4.78, 5) is 40.1. The summed E-state index contributed by atoms with van der Waals surface area (Å²) < 4.78 is 62.4. The highest BCUT2D eigenvalue weighted by Gasteiger charge is 2.48. The van der Waals surface area contributed by atoms with Gasteiger partial charge in [0, 0.05) is 31.4 Å². The second-order valence-electron chi connectivity index (χ2n) is 10.3. The van der Waals surface area contributed by atoms with Crippen molar-refractivity contribution < 1.29 is 36.7 Å². The maximum Gasteiger partial charge on any atom is 0.412 e. The van der Waals surface area contributed by atoms with Crippen molar-refractivity contribution in [3.05, 3.63) is 71.3 Å². The number of nitrogens with zero attached hydrogens (tertiary/aromatic N) is 4. The number of rotatable bonds is 5. The van der Waals surface area contributed by atoms with Crippen molar-refractivity contribution >= 4 is 18.2 Å². The van der Waals surface area contributed by atoms with Gasteiger partial charge in [0.25, 0.3) is 0 Å². The van der Waals surface area contributed by atoms with E-state index in [1.165, 1.54) is 13.1 Å². The number of urea groups is 1. The Labute approximate surface area is 232 Å². The number of carbonyl (C=O) groups excluding carboxylic acids is 3. The number of aryl methyl sites for hydroxylation is 2.